The number of aryl methyl sites for hydroxylation is 1. The van der Waals surface area contributed by atoms with Gasteiger partial charge in [-0.25, -0.2) is 4.79 Å². The highest BCUT2D eigenvalue weighted by Gasteiger charge is 2.14. The lowest BCUT2D eigenvalue weighted by Crippen LogP contribution is -2.41. The third kappa shape index (κ3) is 3.22. The molecule has 2 rings (SSSR count). The zero-order valence-electron chi connectivity index (χ0n) is 11.6. The zero-order valence-corrected chi connectivity index (χ0v) is 12.3. The van der Waals surface area contributed by atoms with Crippen LogP contribution in [0.1, 0.15) is 15.9 Å². The van der Waals surface area contributed by atoms with Crippen molar-refractivity contribution >= 4 is 17.5 Å². The Hall–Kier alpha value is -2.34. The van der Waals surface area contributed by atoms with Gasteiger partial charge in [0.15, 0.2) is 0 Å². The second-order valence-electron chi connectivity index (χ2n) is 4.61. The molecule has 0 saturated heterocycles. The number of nitrogens with one attached hydrogen (secondary N) is 1. The van der Waals surface area contributed by atoms with Crippen LogP contribution in [0.25, 0.3) is 0 Å². The summed E-state index contributed by atoms with van der Waals surface area (Å²) in [4.78, 5) is 35.5. The van der Waals surface area contributed by atoms with Crippen LogP contribution >= 0.6 is 11.6 Å². The topological polar surface area (TPSA) is 73.1 Å². The molecule has 6 nitrogen and oxygen atoms in total. The van der Waals surface area contributed by atoms with E-state index >= 15 is 0 Å². The van der Waals surface area contributed by atoms with Crippen molar-refractivity contribution in [3.05, 3.63) is 67.4 Å². The molecule has 110 valence electrons. The van der Waals surface area contributed by atoms with E-state index in [1.807, 2.05) is 0 Å². The summed E-state index contributed by atoms with van der Waals surface area (Å²) >= 11 is 5.78. The fourth-order valence-electron chi connectivity index (χ4n) is 1.84. The number of amides is 1. The first-order valence-corrected chi connectivity index (χ1v) is 6.57. The van der Waals surface area contributed by atoms with E-state index in [1.54, 1.807) is 24.3 Å². The molecule has 7 heteroatoms. The van der Waals surface area contributed by atoms with Crippen LogP contribution in [0.4, 0.5) is 0 Å². The fourth-order valence-corrected chi connectivity index (χ4v) is 1.97. The molecule has 1 N–H and O–H groups in total. The lowest BCUT2D eigenvalue weighted by molar-refractivity contribution is 0.0947. The molecule has 1 amide bonds. The first-order valence-electron chi connectivity index (χ1n) is 6.19. The van der Waals surface area contributed by atoms with Crippen molar-refractivity contribution in [2.75, 3.05) is 0 Å². The Morgan fingerprint density at radius 1 is 1.19 bits per heavy atom. The number of benzene rings is 1. The van der Waals surface area contributed by atoms with Crippen LogP contribution in [0.5, 0.6) is 0 Å². The lowest BCUT2D eigenvalue weighted by Gasteiger charge is -2.08. The van der Waals surface area contributed by atoms with Crippen LogP contribution in [-0.4, -0.2) is 15.0 Å². The summed E-state index contributed by atoms with van der Waals surface area (Å²) < 4.78 is 2.09. The SMILES string of the molecule is Cn1cc(C(=O)NCc2ccc(Cl)cc2)c(=O)n(C)c1=O. The molecule has 0 fully saturated rings. The second-order valence-corrected chi connectivity index (χ2v) is 5.05. The highest BCUT2D eigenvalue weighted by atomic mass is 35.5. The summed E-state index contributed by atoms with van der Waals surface area (Å²) in [6.07, 6.45) is 1.24. The van der Waals surface area contributed by atoms with E-state index in [0.717, 1.165) is 10.1 Å². The number of hydrogen-bond acceptors (Lipinski definition) is 3. The molecule has 0 atom stereocenters. The summed E-state index contributed by atoms with van der Waals surface area (Å²) in [5.41, 5.74) is -0.316. The van der Waals surface area contributed by atoms with Gasteiger partial charge in [-0.3, -0.25) is 14.2 Å². The van der Waals surface area contributed by atoms with Crippen LogP contribution in [0.3, 0.4) is 0 Å². The molecule has 1 aromatic heterocycles. The molecule has 1 aromatic carbocycles. The maximum atomic E-state index is 12.1. The minimum absolute atomic E-state index is 0.0754. The van der Waals surface area contributed by atoms with Gasteiger partial charge < -0.3 is 9.88 Å². The molecule has 0 aliphatic heterocycles. The quantitative estimate of drug-likeness (QED) is 0.905. The molecule has 0 unspecified atom stereocenters. The number of halogens is 1. The Kier molecular flexibility index (Phi) is 4.28. The van der Waals surface area contributed by atoms with Gasteiger partial charge in [-0.1, -0.05) is 23.7 Å². The summed E-state index contributed by atoms with van der Waals surface area (Å²) in [5, 5.41) is 3.25. The maximum Gasteiger partial charge on any atom is 0.330 e. The van der Waals surface area contributed by atoms with Gasteiger partial charge in [-0.15, -0.1) is 0 Å². The molecule has 0 aliphatic rings. The van der Waals surface area contributed by atoms with E-state index in [0.29, 0.717) is 5.02 Å². The minimum atomic E-state index is -0.619. The van der Waals surface area contributed by atoms with Crippen LogP contribution in [0.15, 0.2) is 40.1 Å². The summed E-state index contributed by atoms with van der Waals surface area (Å²) in [7, 11) is 2.82. The Morgan fingerprint density at radius 2 is 1.81 bits per heavy atom. The molecule has 21 heavy (non-hydrogen) atoms. The number of carbonyl (C=O) groups excluding carboxylic acids is 1. The molecular formula is C14H14ClN3O3. The van der Waals surface area contributed by atoms with E-state index in [4.69, 9.17) is 11.6 Å². The van der Waals surface area contributed by atoms with Gasteiger partial charge in [-0.05, 0) is 17.7 Å². The van der Waals surface area contributed by atoms with Crippen molar-refractivity contribution in [1.82, 2.24) is 14.5 Å². The third-order valence-electron chi connectivity index (χ3n) is 3.06. The van der Waals surface area contributed by atoms with Crippen molar-refractivity contribution < 1.29 is 4.79 Å². The number of carbonyl (C=O) groups is 1. The van der Waals surface area contributed by atoms with Gasteiger partial charge in [0.25, 0.3) is 11.5 Å². The van der Waals surface area contributed by atoms with Crippen LogP contribution in [-0.2, 0) is 20.6 Å². The molecular weight excluding hydrogens is 294 g/mol. The lowest BCUT2D eigenvalue weighted by atomic mass is 10.2. The van der Waals surface area contributed by atoms with Gasteiger partial charge >= 0.3 is 5.69 Å². The molecule has 2 aromatic rings. The molecule has 0 saturated carbocycles. The van der Waals surface area contributed by atoms with Gasteiger partial charge in [0.05, 0.1) is 0 Å². The van der Waals surface area contributed by atoms with Crippen molar-refractivity contribution in [3.8, 4) is 0 Å². The van der Waals surface area contributed by atoms with Crippen LogP contribution in [0.2, 0.25) is 5.02 Å². The maximum absolute atomic E-state index is 12.1. The number of hydrogen-bond donors (Lipinski definition) is 1. The number of nitrogens with zero attached hydrogens (tertiary/aromatic N) is 2. The van der Waals surface area contributed by atoms with Crippen molar-refractivity contribution in [3.63, 3.8) is 0 Å². The van der Waals surface area contributed by atoms with Crippen molar-refractivity contribution in [2.45, 2.75) is 6.54 Å². The summed E-state index contributed by atoms with van der Waals surface area (Å²) in [6.45, 7) is 0.266. The largest absolute Gasteiger partial charge is 0.348 e. The van der Waals surface area contributed by atoms with Crippen LogP contribution < -0.4 is 16.6 Å². The number of aromatic nitrogens is 2. The standard InChI is InChI=1S/C14H14ClN3O3/c1-17-8-11(13(20)18(2)14(17)21)12(19)16-7-9-3-5-10(15)6-4-9/h3-6,8H,7H2,1-2H3,(H,16,19). The molecule has 0 spiro atoms. The zero-order chi connectivity index (χ0) is 15.6. The Bertz CT molecular complexity index is 791. The first kappa shape index (κ1) is 15.1. The Morgan fingerprint density at radius 3 is 2.43 bits per heavy atom. The third-order valence-corrected chi connectivity index (χ3v) is 3.31. The first-order chi connectivity index (χ1) is 9.90. The van der Waals surface area contributed by atoms with Gasteiger partial charge in [0.2, 0.25) is 0 Å². The van der Waals surface area contributed by atoms with Crippen molar-refractivity contribution in [1.29, 1.82) is 0 Å². The number of rotatable bonds is 3. The monoisotopic (exact) mass is 307 g/mol. The normalized spacial score (nSPS) is 10.4. The predicted octanol–water partition coefficient (Wildman–Crippen LogP) is 0.667. The fraction of sp³-hybridized carbons (Fsp3) is 0.214. The summed E-state index contributed by atoms with van der Waals surface area (Å²) in [5.74, 6) is -0.527. The molecule has 1 heterocycles. The van der Waals surface area contributed by atoms with E-state index in [9.17, 15) is 14.4 Å². The molecule has 0 bridgehead atoms. The smallest absolute Gasteiger partial charge is 0.330 e. The van der Waals surface area contributed by atoms with E-state index in [2.05, 4.69) is 5.32 Å². The van der Waals surface area contributed by atoms with Gasteiger partial charge in [0, 0.05) is 31.9 Å². The van der Waals surface area contributed by atoms with Crippen molar-refractivity contribution in [2.24, 2.45) is 14.1 Å². The molecule has 0 aliphatic carbocycles. The average molecular weight is 308 g/mol. The van der Waals surface area contributed by atoms with Crippen LogP contribution in [0, 0.1) is 0 Å². The van der Waals surface area contributed by atoms with Gasteiger partial charge in [-0.2, -0.15) is 0 Å². The van der Waals surface area contributed by atoms with E-state index in [-0.39, 0.29) is 12.1 Å². The predicted molar refractivity (Wildman–Crippen MR) is 79.5 cm³/mol. The second kappa shape index (κ2) is 5.97. The molecule has 0 radical (unpaired) electrons. The van der Waals surface area contributed by atoms with E-state index in [1.165, 1.54) is 24.9 Å². The average Bonchev–Trinajstić information content (AvgIpc) is 2.48. The highest BCUT2D eigenvalue weighted by molar-refractivity contribution is 6.30. The summed E-state index contributed by atoms with van der Waals surface area (Å²) in [6, 6.07) is 6.99. The Balaban J connectivity index is 2.20. The Labute approximate surface area is 125 Å². The minimum Gasteiger partial charge on any atom is -0.348 e. The van der Waals surface area contributed by atoms with E-state index < -0.39 is 17.2 Å². The van der Waals surface area contributed by atoms with Gasteiger partial charge in [0.1, 0.15) is 5.56 Å². The highest BCUT2D eigenvalue weighted by Crippen LogP contribution is 2.09.